The zero-order chi connectivity index (χ0) is 21.2. The van der Waals surface area contributed by atoms with E-state index >= 15 is 0 Å². The molecule has 1 aromatic rings. The molecule has 5 N–H and O–H groups in total. The van der Waals surface area contributed by atoms with Crippen LogP contribution in [-0.2, 0) is 25.5 Å². The second kappa shape index (κ2) is 11.5. The molecular weight excluding hydrogens is 374 g/mol. The summed E-state index contributed by atoms with van der Waals surface area (Å²) in [6.07, 6.45) is 2.53. The highest BCUT2D eigenvalue weighted by Crippen LogP contribution is 2.21. The summed E-state index contributed by atoms with van der Waals surface area (Å²) < 4.78 is 5.29. The van der Waals surface area contributed by atoms with Gasteiger partial charge in [0.05, 0.1) is 6.04 Å². The number of benzene rings is 1. The Balaban J connectivity index is 1.93. The molecule has 1 aliphatic rings. The molecule has 0 radical (unpaired) electrons. The first-order valence-electron chi connectivity index (χ1n) is 10.2. The highest BCUT2D eigenvalue weighted by Gasteiger charge is 2.38. The zero-order valence-electron chi connectivity index (χ0n) is 16.7. The first-order chi connectivity index (χ1) is 13.9. The average Bonchev–Trinajstić information content (AvgIpc) is 3.21. The van der Waals surface area contributed by atoms with Crippen molar-refractivity contribution in [2.45, 2.75) is 63.1 Å². The van der Waals surface area contributed by atoms with Crippen LogP contribution in [0.4, 0.5) is 0 Å². The lowest BCUT2D eigenvalue weighted by atomic mass is 10.1. The number of unbranched alkanes of at least 4 members (excludes halogenated alkanes) is 1. The van der Waals surface area contributed by atoms with Gasteiger partial charge in [0.25, 0.3) is 0 Å². The van der Waals surface area contributed by atoms with Crippen LogP contribution in [0.5, 0.6) is 0 Å². The van der Waals surface area contributed by atoms with Crippen LogP contribution in [0.15, 0.2) is 30.3 Å². The van der Waals surface area contributed by atoms with Crippen molar-refractivity contribution >= 4 is 17.8 Å². The Hall–Kier alpha value is -2.45. The molecule has 3 atom stereocenters. The fourth-order valence-electron chi connectivity index (χ4n) is 3.51. The van der Waals surface area contributed by atoms with Crippen LogP contribution in [-0.4, -0.2) is 59.1 Å². The van der Waals surface area contributed by atoms with Gasteiger partial charge in [0, 0.05) is 6.54 Å². The number of carbonyl (C=O) groups is 3. The zero-order valence-corrected chi connectivity index (χ0v) is 16.7. The van der Waals surface area contributed by atoms with Crippen molar-refractivity contribution in [1.82, 2.24) is 4.90 Å². The van der Waals surface area contributed by atoms with Crippen LogP contribution in [0, 0.1) is 0 Å². The monoisotopic (exact) mass is 405 g/mol. The van der Waals surface area contributed by atoms with Gasteiger partial charge in [-0.1, -0.05) is 36.8 Å². The van der Waals surface area contributed by atoms with Gasteiger partial charge in [-0.05, 0) is 50.6 Å². The molecule has 1 saturated heterocycles. The normalized spacial score (nSPS) is 18.3. The first kappa shape index (κ1) is 22.8. The third-order valence-corrected chi connectivity index (χ3v) is 5.17. The van der Waals surface area contributed by atoms with E-state index in [1.165, 1.54) is 4.90 Å². The molecule has 1 heterocycles. The smallest absolute Gasteiger partial charge is 0.345 e. The topological polar surface area (TPSA) is 136 Å². The van der Waals surface area contributed by atoms with Crippen molar-refractivity contribution in [3.63, 3.8) is 0 Å². The number of hydrogen-bond acceptors (Lipinski definition) is 6. The summed E-state index contributed by atoms with van der Waals surface area (Å²) in [7, 11) is 0. The number of amides is 1. The minimum absolute atomic E-state index is 0.171. The number of carbonyl (C=O) groups excluding carboxylic acids is 2. The Morgan fingerprint density at radius 1 is 1.17 bits per heavy atom. The predicted octanol–water partition coefficient (Wildman–Crippen LogP) is 1.06. The third kappa shape index (κ3) is 6.83. The molecule has 0 aliphatic carbocycles. The summed E-state index contributed by atoms with van der Waals surface area (Å²) >= 11 is 0. The number of esters is 1. The maximum absolute atomic E-state index is 12.6. The van der Waals surface area contributed by atoms with E-state index in [-0.39, 0.29) is 12.3 Å². The summed E-state index contributed by atoms with van der Waals surface area (Å²) in [6.45, 7) is 0.962. The Bertz CT molecular complexity index is 682. The number of hydrogen-bond donors (Lipinski definition) is 3. The molecule has 29 heavy (non-hydrogen) atoms. The number of ether oxygens (including phenoxy) is 1. The van der Waals surface area contributed by atoms with Gasteiger partial charge in [0.15, 0.2) is 6.10 Å². The van der Waals surface area contributed by atoms with Gasteiger partial charge in [0.2, 0.25) is 5.91 Å². The second-order valence-corrected chi connectivity index (χ2v) is 7.37. The lowest BCUT2D eigenvalue weighted by molar-refractivity contribution is -0.168. The Morgan fingerprint density at radius 3 is 2.55 bits per heavy atom. The molecule has 0 unspecified atom stereocenters. The van der Waals surface area contributed by atoms with Gasteiger partial charge in [-0.15, -0.1) is 0 Å². The molecule has 1 fully saturated rings. The van der Waals surface area contributed by atoms with E-state index in [1.54, 1.807) is 0 Å². The van der Waals surface area contributed by atoms with Crippen LogP contribution in [0.1, 0.15) is 44.1 Å². The summed E-state index contributed by atoms with van der Waals surface area (Å²) in [5.41, 5.74) is 12.4. The molecule has 0 aromatic heterocycles. The van der Waals surface area contributed by atoms with Crippen LogP contribution >= 0.6 is 0 Å². The van der Waals surface area contributed by atoms with Crippen LogP contribution in [0.25, 0.3) is 0 Å². The number of aryl methyl sites for hydroxylation is 1. The van der Waals surface area contributed by atoms with Crippen LogP contribution in [0.2, 0.25) is 0 Å². The maximum Gasteiger partial charge on any atom is 0.345 e. The van der Waals surface area contributed by atoms with E-state index in [4.69, 9.17) is 16.2 Å². The molecule has 0 spiro atoms. The number of nitrogens with zero attached hydrogens (tertiary/aromatic N) is 1. The van der Waals surface area contributed by atoms with E-state index in [9.17, 15) is 19.5 Å². The average molecular weight is 405 g/mol. The van der Waals surface area contributed by atoms with Gasteiger partial charge in [0.1, 0.15) is 6.04 Å². The van der Waals surface area contributed by atoms with Crippen LogP contribution in [0.3, 0.4) is 0 Å². The SMILES string of the molecule is NCCCC[C@H](N)C(=O)N1CCC[C@H]1C(=O)O[C@@H](CCc1ccccc1)C(=O)O. The summed E-state index contributed by atoms with van der Waals surface area (Å²) in [4.78, 5) is 38.3. The molecular formula is C21H31N3O5. The van der Waals surface area contributed by atoms with E-state index in [0.717, 1.165) is 18.4 Å². The molecule has 8 nitrogen and oxygen atoms in total. The maximum atomic E-state index is 12.6. The highest BCUT2D eigenvalue weighted by molar-refractivity contribution is 5.89. The predicted molar refractivity (Wildman–Crippen MR) is 108 cm³/mol. The summed E-state index contributed by atoms with van der Waals surface area (Å²) in [6, 6.07) is 7.94. The Labute approximate surface area is 171 Å². The van der Waals surface area contributed by atoms with Gasteiger partial charge in [-0.3, -0.25) is 4.79 Å². The van der Waals surface area contributed by atoms with Gasteiger partial charge < -0.3 is 26.2 Å². The first-order valence-corrected chi connectivity index (χ1v) is 10.2. The lowest BCUT2D eigenvalue weighted by Gasteiger charge is -2.27. The standard InChI is InChI=1S/C21H31N3O5/c22-13-5-4-9-16(23)19(25)24-14-6-10-17(24)21(28)29-18(20(26)27)12-11-15-7-2-1-3-8-15/h1-3,7-8,16-18H,4-6,9-14,22-23H2,(H,26,27)/t16-,17-,18-/m0/s1. The van der Waals surface area contributed by atoms with Crippen molar-refractivity contribution in [3.05, 3.63) is 35.9 Å². The molecule has 1 amide bonds. The molecule has 0 bridgehead atoms. The molecule has 2 rings (SSSR count). The fourth-order valence-corrected chi connectivity index (χ4v) is 3.51. The quantitative estimate of drug-likeness (QED) is 0.370. The van der Waals surface area contributed by atoms with Crippen molar-refractivity contribution in [2.75, 3.05) is 13.1 Å². The minimum Gasteiger partial charge on any atom is -0.479 e. The third-order valence-electron chi connectivity index (χ3n) is 5.17. The number of nitrogens with two attached hydrogens (primary N) is 2. The number of carboxylic acid groups (broad SMARTS) is 1. The number of likely N-dealkylation sites (tertiary alicyclic amines) is 1. The number of aliphatic carboxylic acids is 1. The lowest BCUT2D eigenvalue weighted by Crippen LogP contribution is -2.49. The second-order valence-electron chi connectivity index (χ2n) is 7.37. The van der Waals surface area contributed by atoms with E-state index in [0.29, 0.717) is 38.8 Å². The van der Waals surface area contributed by atoms with Crippen molar-refractivity contribution in [3.8, 4) is 0 Å². The molecule has 1 aromatic carbocycles. The molecule has 1 aliphatic heterocycles. The van der Waals surface area contributed by atoms with Crippen LogP contribution < -0.4 is 11.5 Å². The molecule has 160 valence electrons. The Morgan fingerprint density at radius 2 is 1.90 bits per heavy atom. The van der Waals surface area contributed by atoms with Crippen molar-refractivity contribution in [1.29, 1.82) is 0 Å². The van der Waals surface area contributed by atoms with Crippen molar-refractivity contribution < 1.29 is 24.2 Å². The summed E-state index contributed by atoms with van der Waals surface area (Å²) in [5.74, 6) is -2.16. The van der Waals surface area contributed by atoms with E-state index in [2.05, 4.69) is 0 Å². The number of rotatable bonds is 11. The Kier molecular flexibility index (Phi) is 9.08. The minimum atomic E-state index is -1.25. The summed E-state index contributed by atoms with van der Waals surface area (Å²) in [5, 5.41) is 9.44. The van der Waals surface area contributed by atoms with E-state index < -0.39 is 30.1 Å². The van der Waals surface area contributed by atoms with Crippen molar-refractivity contribution in [2.24, 2.45) is 11.5 Å². The number of carboxylic acids is 1. The van der Waals surface area contributed by atoms with Gasteiger partial charge >= 0.3 is 11.9 Å². The van der Waals surface area contributed by atoms with Gasteiger partial charge in [-0.25, -0.2) is 9.59 Å². The fraction of sp³-hybridized carbons (Fsp3) is 0.571. The highest BCUT2D eigenvalue weighted by atomic mass is 16.6. The molecule has 8 heteroatoms. The van der Waals surface area contributed by atoms with Gasteiger partial charge in [-0.2, -0.15) is 0 Å². The van der Waals surface area contributed by atoms with E-state index in [1.807, 2.05) is 30.3 Å². The largest absolute Gasteiger partial charge is 0.479 e. The molecule has 0 saturated carbocycles.